The molecule has 0 saturated heterocycles. The number of halogens is 1. The summed E-state index contributed by atoms with van der Waals surface area (Å²) in [6.45, 7) is 0.123. The van der Waals surface area contributed by atoms with Crippen LogP contribution < -0.4 is 10.6 Å². The van der Waals surface area contributed by atoms with Crippen LogP contribution in [-0.4, -0.2) is 35.1 Å². The summed E-state index contributed by atoms with van der Waals surface area (Å²) in [6, 6.07) is 13.3. The number of para-hydroxylation sites is 2. The van der Waals surface area contributed by atoms with E-state index in [1.807, 2.05) is 0 Å². The van der Waals surface area contributed by atoms with E-state index in [2.05, 4.69) is 26.6 Å². The molecule has 0 atom stereocenters. The maximum absolute atomic E-state index is 12.4. The minimum atomic E-state index is -0.475. The number of carbonyl (C=O) groups excluding carboxylic acids is 4. The van der Waals surface area contributed by atoms with Crippen LogP contribution in [0.25, 0.3) is 0 Å². The second-order valence-corrected chi connectivity index (χ2v) is 7.45. The monoisotopic (exact) mass is 468 g/mol. The Hall–Kier alpha value is -3.51. The van der Waals surface area contributed by atoms with Crippen molar-refractivity contribution in [1.82, 2.24) is 4.90 Å². The molecule has 1 aliphatic heterocycles. The fourth-order valence-electron chi connectivity index (χ4n) is 3.04. The Kier molecular flexibility index (Phi) is 6.59. The molecular weight excluding hydrogens is 452 g/mol. The lowest BCUT2D eigenvalue weighted by Gasteiger charge is -2.14. The molecular formula is C21H17BrN4O4. The van der Waals surface area contributed by atoms with Crippen LogP contribution in [0.5, 0.6) is 0 Å². The van der Waals surface area contributed by atoms with Crippen molar-refractivity contribution < 1.29 is 19.2 Å². The van der Waals surface area contributed by atoms with E-state index >= 15 is 0 Å². The summed E-state index contributed by atoms with van der Waals surface area (Å²) in [6.07, 6.45) is 0.0815. The van der Waals surface area contributed by atoms with Gasteiger partial charge in [-0.3, -0.25) is 24.1 Å². The lowest BCUT2D eigenvalue weighted by atomic mass is 10.1. The van der Waals surface area contributed by atoms with Gasteiger partial charge in [-0.05, 0) is 36.8 Å². The van der Waals surface area contributed by atoms with E-state index in [-0.39, 0.29) is 37.1 Å². The number of imide groups is 1. The molecule has 0 aliphatic carbocycles. The Morgan fingerprint density at radius 3 is 2.27 bits per heavy atom. The van der Waals surface area contributed by atoms with Gasteiger partial charge in [-0.25, -0.2) is 0 Å². The predicted octanol–water partition coefficient (Wildman–Crippen LogP) is 3.32. The number of benzene rings is 2. The average molecular weight is 469 g/mol. The third-order valence-electron chi connectivity index (χ3n) is 4.43. The molecule has 2 N–H and O–H groups in total. The first-order valence-corrected chi connectivity index (χ1v) is 9.91. The number of rotatable bonds is 7. The van der Waals surface area contributed by atoms with Crippen LogP contribution in [0.4, 0.5) is 11.4 Å². The van der Waals surface area contributed by atoms with Gasteiger partial charge in [0.15, 0.2) is 0 Å². The molecule has 2 aromatic carbocycles. The zero-order chi connectivity index (χ0) is 21.7. The number of carbonyl (C=O) groups is 4. The van der Waals surface area contributed by atoms with E-state index in [0.717, 1.165) is 4.90 Å². The minimum absolute atomic E-state index is 0.0809. The number of nitriles is 1. The molecule has 4 amide bonds. The van der Waals surface area contributed by atoms with Crippen molar-refractivity contribution in [2.24, 2.45) is 0 Å². The molecule has 0 radical (unpaired) electrons. The second-order valence-electron chi connectivity index (χ2n) is 6.53. The molecule has 1 heterocycles. The molecule has 0 spiro atoms. The molecule has 0 aromatic heterocycles. The number of fused-ring (bicyclic) bond motifs is 1. The number of anilines is 2. The van der Waals surface area contributed by atoms with Gasteiger partial charge >= 0.3 is 0 Å². The lowest BCUT2D eigenvalue weighted by Crippen LogP contribution is -2.31. The van der Waals surface area contributed by atoms with E-state index in [4.69, 9.17) is 5.26 Å². The molecule has 0 fully saturated rings. The van der Waals surface area contributed by atoms with Crippen molar-refractivity contribution >= 4 is 50.9 Å². The highest BCUT2D eigenvalue weighted by molar-refractivity contribution is 9.10. The first kappa shape index (κ1) is 21.2. The van der Waals surface area contributed by atoms with Crippen molar-refractivity contribution in [1.29, 1.82) is 5.26 Å². The average Bonchev–Trinajstić information content (AvgIpc) is 2.94. The van der Waals surface area contributed by atoms with Gasteiger partial charge in [0, 0.05) is 17.4 Å². The SMILES string of the molecule is N#CCC(=O)Nc1ccccc1NC(=O)CCCN1C(=O)c2ccc(Br)cc2C1=O. The number of amides is 4. The largest absolute Gasteiger partial charge is 0.324 e. The van der Waals surface area contributed by atoms with Crippen molar-refractivity contribution in [2.75, 3.05) is 17.2 Å². The van der Waals surface area contributed by atoms with E-state index in [1.165, 1.54) is 0 Å². The normalized spacial score (nSPS) is 12.3. The van der Waals surface area contributed by atoms with Crippen molar-refractivity contribution in [2.45, 2.75) is 19.3 Å². The second kappa shape index (κ2) is 9.33. The van der Waals surface area contributed by atoms with E-state index in [0.29, 0.717) is 33.4 Å². The summed E-state index contributed by atoms with van der Waals surface area (Å²) in [7, 11) is 0. The van der Waals surface area contributed by atoms with Crippen LogP contribution in [0.1, 0.15) is 40.0 Å². The Morgan fingerprint density at radius 1 is 0.967 bits per heavy atom. The molecule has 0 saturated carbocycles. The van der Waals surface area contributed by atoms with Crippen molar-refractivity contribution in [3.8, 4) is 6.07 Å². The van der Waals surface area contributed by atoms with Crippen LogP contribution in [0.15, 0.2) is 46.9 Å². The molecule has 3 rings (SSSR count). The fourth-order valence-corrected chi connectivity index (χ4v) is 3.40. The van der Waals surface area contributed by atoms with Gasteiger partial charge in [0.05, 0.1) is 28.6 Å². The summed E-state index contributed by atoms with van der Waals surface area (Å²) in [5, 5.41) is 13.9. The summed E-state index contributed by atoms with van der Waals surface area (Å²) >= 11 is 3.29. The van der Waals surface area contributed by atoms with Crippen LogP contribution in [0, 0.1) is 11.3 Å². The maximum atomic E-state index is 12.4. The molecule has 0 bridgehead atoms. The lowest BCUT2D eigenvalue weighted by molar-refractivity contribution is -0.116. The van der Waals surface area contributed by atoms with Gasteiger partial charge in [-0.15, -0.1) is 0 Å². The van der Waals surface area contributed by atoms with Crippen molar-refractivity contribution in [3.63, 3.8) is 0 Å². The quantitative estimate of drug-likeness (QED) is 0.603. The molecule has 0 unspecified atom stereocenters. The summed E-state index contributed by atoms with van der Waals surface area (Å²) < 4.78 is 0.712. The molecule has 9 heteroatoms. The zero-order valence-corrected chi connectivity index (χ0v) is 17.4. The maximum Gasteiger partial charge on any atom is 0.261 e. The number of nitrogens with one attached hydrogen (secondary N) is 2. The van der Waals surface area contributed by atoms with Crippen LogP contribution in [-0.2, 0) is 9.59 Å². The minimum Gasteiger partial charge on any atom is -0.324 e. The predicted molar refractivity (Wildman–Crippen MR) is 113 cm³/mol. The number of hydrogen-bond acceptors (Lipinski definition) is 5. The number of nitrogens with zero attached hydrogens (tertiary/aromatic N) is 2. The molecule has 152 valence electrons. The van der Waals surface area contributed by atoms with Gasteiger partial charge in [-0.2, -0.15) is 5.26 Å². The highest BCUT2D eigenvalue weighted by Gasteiger charge is 2.35. The molecule has 1 aliphatic rings. The summed E-state index contributed by atoms with van der Waals surface area (Å²) in [4.78, 5) is 49.9. The molecule has 2 aromatic rings. The van der Waals surface area contributed by atoms with Gasteiger partial charge in [0.1, 0.15) is 6.42 Å². The smallest absolute Gasteiger partial charge is 0.261 e. The zero-order valence-electron chi connectivity index (χ0n) is 15.8. The van der Waals surface area contributed by atoms with E-state index < -0.39 is 5.91 Å². The Labute approximate surface area is 181 Å². The third-order valence-corrected chi connectivity index (χ3v) is 4.93. The van der Waals surface area contributed by atoms with Crippen LogP contribution >= 0.6 is 15.9 Å². The highest BCUT2D eigenvalue weighted by Crippen LogP contribution is 2.26. The first-order chi connectivity index (χ1) is 14.4. The highest BCUT2D eigenvalue weighted by atomic mass is 79.9. The summed E-state index contributed by atoms with van der Waals surface area (Å²) in [5.41, 5.74) is 1.49. The van der Waals surface area contributed by atoms with Crippen molar-refractivity contribution in [3.05, 3.63) is 58.1 Å². The molecule has 30 heavy (non-hydrogen) atoms. The third kappa shape index (κ3) is 4.72. The van der Waals surface area contributed by atoms with Gasteiger partial charge < -0.3 is 10.6 Å². The van der Waals surface area contributed by atoms with Gasteiger partial charge in [0.2, 0.25) is 11.8 Å². The first-order valence-electron chi connectivity index (χ1n) is 9.12. The Bertz CT molecular complexity index is 1080. The van der Waals surface area contributed by atoms with Crippen LogP contribution in [0.3, 0.4) is 0 Å². The Morgan fingerprint density at radius 2 is 1.60 bits per heavy atom. The topological polar surface area (TPSA) is 119 Å². The van der Waals surface area contributed by atoms with Gasteiger partial charge in [0.25, 0.3) is 11.8 Å². The standard InChI is InChI=1S/C21H17BrN4O4/c22-13-7-8-14-15(12-13)21(30)26(20(14)29)11-3-6-18(27)24-16-4-1-2-5-17(16)25-19(28)9-10-23/h1-2,4-5,7-8,12H,3,6,9,11H2,(H,24,27)(H,25,28). The van der Waals surface area contributed by atoms with E-state index in [1.54, 1.807) is 48.5 Å². The van der Waals surface area contributed by atoms with Gasteiger partial charge in [-0.1, -0.05) is 28.1 Å². The number of hydrogen-bond donors (Lipinski definition) is 2. The Balaban J connectivity index is 1.55. The van der Waals surface area contributed by atoms with E-state index in [9.17, 15) is 19.2 Å². The van der Waals surface area contributed by atoms with Crippen LogP contribution in [0.2, 0.25) is 0 Å². The molecule has 8 nitrogen and oxygen atoms in total. The fraction of sp³-hybridized carbons (Fsp3) is 0.190. The summed E-state index contributed by atoms with van der Waals surface area (Å²) in [5.74, 6) is -1.54.